The van der Waals surface area contributed by atoms with Crippen molar-refractivity contribution in [3.8, 4) is 6.07 Å². The molecule has 1 fully saturated rings. The number of halogens is 1. The zero-order valence-corrected chi connectivity index (χ0v) is 10.2. The third-order valence-corrected chi connectivity index (χ3v) is 3.14. The van der Waals surface area contributed by atoms with Crippen LogP contribution in [-0.4, -0.2) is 19.8 Å². The standard InChI is InChI=1S/C14H16FNO2/c15-14-2-1-12(8-16)13(7-14)10-18-9-11-3-5-17-6-4-11/h1-2,7,11H,3-6,9-10H2. The van der Waals surface area contributed by atoms with E-state index in [4.69, 9.17) is 14.7 Å². The van der Waals surface area contributed by atoms with Gasteiger partial charge >= 0.3 is 0 Å². The summed E-state index contributed by atoms with van der Waals surface area (Å²) in [5, 5.41) is 8.91. The summed E-state index contributed by atoms with van der Waals surface area (Å²) in [5.74, 6) is 0.177. The minimum Gasteiger partial charge on any atom is -0.381 e. The van der Waals surface area contributed by atoms with Crippen LogP contribution >= 0.6 is 0 Å². The summed E-state index contributed by atoms with van der Waals surface area (Å²) in [4.78, 5) is 0. The highest BCUT2D eigenvalue weighted by atomic mass is 19.1. The number of benzene rings is 1. The molecule has 0 spiro atoms. The minimum atomic E-state index is -0.335. The molecule has 0 amide bonds. The molecule has 4 heteroatoms. The van der Waals surface area contributed by atoms with Gasteiger partial charge in [-0.15, -0.1) is 0 Å². The van der Waals surface area contributed by atoms with Gasteiger partial charge in [-0.3, -0.25) is 0 Å². The summed E-state index contributed by atoms with van der Waals surface area (Å²) in [5.41, 5.74) is 1.09. The fourth-order valence-corrected chi connectivity index (χ4v) is 2.04. The monoisotopic (exact) mass is 249 g/mol. The Balaban J connectivity index is 1.86. The van der Waals surface area contributed by atoms with Gasteiger partial charge in [0, 0.05) is 13.2 Å². The first kappa shape index (κ1) is 13.0. The van der Waals surface area contributed by atoms with Crippen molar-refractivity contribution >= 4 is 0 Å². The van der Waals surface area contributed by atoms with Crippen LogP contribution in [0.15, 0.2) is 18.2 Å². The fourth-order valence-electron chi connectivity index (χ4n) is 2.04. The van der Waals surface area contributed by atoms with Crippen molar-refractivity contribution in [3.05, 3.63) is 35.1 Å². The molecule has 96 valence electrons. The van der Waals surface area contributed by atoms with Crippen LogP contribution in [0, 0.1) is 23.1 Å². The van der Waals surface area contributed by atoms with Gasteiger partial charge in [-0.05, 0) is 42.5 Å². The first-order valence-corrected chi connectivity index (χ1v) is 6.13. The predicted octanol–water partition coefficient (Wildman–Crippen LogP) is 2.64. The molecule has 0 radical (unpaired) electrons. The van der Waals surface area contributed by atoms with Gasteiger partial charge in [0.2, 0.25) is 0 Å². The van der Waals surface area contributed by atoms with E-state index in [0.29, 0.717) is 23.7 Å². The number of rotatable bonds is 4. The Morgan fingerprint density at radius 3 is 2.89 bits per heavy atom. The van der Waals surface area contributed by atoms with E-state index < -0.39 is 0 Å². The number of hydrogen-bond acceptors (Lipinski definition) is 3. The van der Waals surface area contributed by atoms with Crippen molar-refractivity contribution < 1.29 is 13.9 Å². The summed E-state index contributed by atoms with van der Waals surface area (Å²) in [6, 6.07) is 6.19. The molecule has 0 N–H and O–H groups in total. The first-order chi connectivity index (χ1) is 8.79. The van der Waals surface area contributed by atoms with Crippen LogP contribution in [0.2, 0.25) is 0 Å². The minimum absolute atomic E-state index is 0.290. The van der Waals surface area contributed by atoms with Gasteiger partial charge in [0.1, 0.15) is 5.82 Å². The second kappa shape index (κ2) is 6.48. The van der Waals surface area contributed by atoms with E-state index in [1.54, 1.807) is 0 Å². The molecule has 0 aromatic heterocycles. The molecule has 0 bridgehead atoms. The molecular weight excluding hydrogens is 233 g/mol. The average molecular weight is 249 g/mol. The summed E-state index contributed by atoms with van der Waals surface area (Å²) in [6.45, 7) is 2.51. The molecule has 1 aliphatic rings. The predicted molar refractivity (Wildman–Crippen MR) is 64.3 cm³/mol. The molecule has 0 atom stereocenters. The lowest BCUT2D eigenvalue weighted by atomic mass is 10.0. The second-order valence-electron chi connectivity index (χ2n) is 4.48. The van der Waals surface area contributed by atoms with Crippen LogP contribution in [0.4, 0.5) is 4.39 Å². The van der Waals surface area contributed by atoms with Crippen molar-refractivity contribution in [1.82, 2.24) is 0 Å². The van der Waals surface area contributed by atoms with Gasteiger partial charge in [-0.1, -0.05) is 0 Å². The zero-order chi connectivity index (χ0) is 12.8. The van der Waals surface area contributed by atoms with Crippen LogP contribution in [0.3, 0.4) is 0 Å². The van der Waals surface area contributed by atoms with Crippen LogP contribution in [0.5, 0.6) is 0 Å². The van der Waals surface area contributed by atoms with E-state index in [1.165, 1.54) is 18.2 Å². The van der Waals surface area contributed by atoms with Crippen LogP contribution in [0.1, 0.15) is 24.0 Å². The van der Waals surface area contributed by atoms with E-state index in [2.05, 4.69) is 0 Å². The highest BCUT2D eigenvalue weighted by Crippen LogP contribution is 2.17. The quantitative estimate of drug-likeness (QED) is 0.823. The molecule has 1 heterocycles. The van der Waals surface area contributed by atoms with Gasteiger partial charge in [0.25, 0.3) is 0 Å². The van der Waals surface area contributed by atoms with Crippen molar-refractivity contribution in [2.24, 2.45) is 5.92 Å². The van der Waals surface area contributed by atoms with Crippen molar-refractivity contribution in [3.63, 3.8) is 0 Å². The maximum absolute atomic E-state index is 13.1. The van der Waals surface area contributed by atoms with Crippen molar-refractivity contribution in [1.29, 1.82) is 5.26 Å². The summed E-state index contributed by atoms with van der Waals surface area (Å²) in [7, 11) is 0. The van der Waals surface area contributed by atoms with E-state index in [-0.39, 0.29) is 12.4 Å². The number of nitriles is 1. The Morgan fingerprint density at radius 1 is 1.39 bits per heavy atom. The molecule has 18 heavy (non-hydrogen) atoms. The average Bonchev–Trinajstić information content (AvgIpc) is 2.40. The van der Waals surface area contributed by atoms with Gasteiger partial charge in [-0.2, -0.15) is 5.26 Å². The lowest BCUT2D eigenvalue weighted by Gasteiger charge is -2.21. The molecule has 1 aliphatic heterocycles. The van der Waals surface area contributed by atoms with E-state index in [9.17, 15) is 4.39 Å². The Labute approximate surface area is 106 Å². The Kier molecular flexibility index (Phi) is 4.68. The lowest BCUT2D eigenvalue weighted by molar-refractivity contribution is 0.0156. The van der Waals surface area contributed by atoms with Gasteiger partial charge < -0.3 is 9.47 Å². The van der Waals surface area contributed by atoms with Crippen LogP contribution in [-0.2, 0) is 16.1 Å². The molecule has 3 nitrogen and oxygen atoms in total. The van der Waals surface area contributed by atoms with E-state index in [0.717, 1.165) is 26.1 Å². The fraction of sp³-hybridized carbons (Fsp3) is 0.500. The summed E-state index contributed by atoms with van der Waals surface area (Å²) < 4.78 is 23.9. The van der Waals surface area contributed by atoms with Gasteiger partial charge in [0.05, 0.1) is 24.8 Å². The maximum atomic E-state index is 13.1. The largest absolute Gasteiger partial charge is 0.381 e. The van der Waals surface area contributed by atoms with Gasteiger partial charge in [-0.25, -0.2) is 4.39 Å². The molecule has 0 unspecified atom stereocenters. The molecule has 2 rings (SSSR count). The normalized spacial score (nSPS) is 16.4. The highest BCUT2D eigenvalue weighted by molar-refractivity contribution is 5.37. The molecule has 1 aromatic rings. The SMILES string of the molecule is N#Cc1ccc(F)cc1COCC1CCOCC1. The number of hydrogen-bond donors (Lipinski definition) is 0. The number of ether oxygens (including phenoxy) is 2. The maximum Gasteiger partial charge on any atom is 0.123 e. The second-order valence-corrected chi connectivity index (χ2v) is 4.48. The summed E-state index contributed by atoms with van der Waals surface area (Å²) in [6.07, 6.45) is 2.02. The first-order valence-electron chi connectivity index (χ1n) is 6.13. The van der Waals surface area contributed by atoms with Crippen LogP contribution < -0.4 is 0 Å². The van der Waals surface area contributed by atoms with E-state index in [1.807, 2.05) is 6.07 Å². The lowest BCUT2D eigenvalue weighted by Crippen LogP contribution is -2.20. The van der Waals surface area contributed by atoms with Crippen molar-refractivity contribution in [2.75, 3.05) is 19.8 Å². The summed E-state index contributed by atoms with van der Waals surface area (Å²) >= 11 is 0. The number of nitrogens with zero attached hydrogens (tertiary/aromatic N) is 1. The molecular formula is C14H16FNO2. The Hall–Kier alpha value is -1.44. The molecule has 1 saturated heterocycles. The van der Waals surface area contributed by atoms with E-state index >= 15 is 0 Å². The third-order valence-electron chi connectivity index (χ3n) is 3.14. The molecule has 0 aliphatic carbocycles. The van der Waals surface area contributed by atoms with Crippen molar-refractivity contribution in [2.45, 2.75) is 19.4 Å². The smallest absolute Gasteiger partial charge is 0.123 e. The Bertz CT molecular complexity index is 436. The van der Waals surface area contributed by atoms with Crippen LogP contribution in [0.25, 0.3) is 0 Å². The van der Waals surface area contributed by atoms with Gasteiger partial charge in [0.15, 0.2) is 0 Å². The molecule has 0 saturated carbocycles. The zero-order valence-electron chi connectivity index (χ0n) is 10.2. The third kappa shape index (κ3) is 3.52. The highest BCUT2D eigenvalue weighted by Gasteiger charge is 2.14. The molecule has 1 aromatic carbocycles. The Morgan fingerprint density at radius 2 is 2.17 bits per heavy atom. The topological polar surface area (TPSA) is 42.2 Å².